The molecule has 108 valence electrons. The molecule has 1 fully saturated rings. The van der Waals surface area contributed by atoms with Gasteiger partial charge in [0.05, 0.1) is 0 Å². The molecule has 1 saturated carbocycles. The molecule has 17 heavy (non-hydrogen) atoms. The van der Waals surface area contributed by atoms with Crippen molar-refractivity contribution in [2.45, 2.75) is 101 Å². The van der Waals surface area contributed by atoms with E-state index in [2.05, 4.69) is 20.8 Å². The van der Waals surface area contributed by atoms with Crippen LogP contribution in [-0.4, -0.2) is 0 Å². The highest BCUT2D eigenvalue weighted by Gasteiger charge is 2.34. The van der Waals surface area contributed by atoms with E-state index < -0.39 is 0 Å². The molecule has 0 aromatic carbocycles. The lowest BCUT2D eigenvalue weighted by Gasteiger charge is -2.42. The molecule has 1 aliphatic carbocycles. The molecule has 0 amide bonds. The van der Waals surface area contributed by atoms with Crippen molar-refractivity contribution >= 4 is 0 Å². The molecule has 1 rings (SSSR count). The highest BCUT2D eigenvalue weighted by Crippen LogP contribution is 2.47. The third kappa shape index (κ3) is 10.9. The zero-order chi connectivity index (χ0) is 14.3. The van der Waals surface area contributed by atoms with E-state index >= 15 is 0 Å². The molecule has 0 unspecified atom stereocenters. The van der Waals surface area contributed by atoms with Crippen LogP contribution in [0.5, 0.6) is 0 Å². The SMILES string of the molecule is CC.CC.CC.CCC1(CCC(C)C)CCC1. The molecule has 0 saturated heterocycles. The van der Waals surface area contributed by atoms with Crippen molar-refractivity contribution in [1.29, 1.82) is 0 Å². The zero-order valence-electron chi connectivity index (χ0n) is 14.3. The second kappa shape index (κ2) is 16.0. The molecule has 0 aromatic heterocycles. The lowest BCUT2D eigenvalue weighted by Crippen LogP contribution is -2.28. The molecular formula is C17H40. The highest BCUT2D eigenvalue weighted by atomic mass is 14.4. The van der Waals surface area contributed by atoms with Crippen LogP contribution in [0.25, 0.3) is 0 Å². The van der Waals surface area contributed by atoms with Crippen molar-refractivity contribution < 1.29 is 0 Å². The minimum absolute atomic E-state index is 0.796. The predicted octanol–water partition coefficient (Wildman–Crippen LogP) is 7.08. The number of rotatable bonds is 4. The van der Waals surface area contributed by atoms with Gasteiger partial charge >= 0.3 is 0 Å². The lowest BCUT2D eigenvalue weighted by atomic mass is 9.64. The van der Waals surface area contributed by atoms with Crippen LogP contribution >= 0.6 is 0 Å². The Morgan fingerprint density at radius 1 is 0.882 bits per heavy atom. The van der Waals surface area contributed by atoms with Gasteiger partial charge < -0.3 is 0 Å². The first-order valence-corrected chi connectivity index (χ1v) is 8.18. The number of hydrogen-bond donors (Lipinski definition) is 0. The fraction of sp³-hybridized carbons (Fsp3) is 1.00. The van der Waals surface area contributed by atoms with Crippen LogP contribution in [0.3, 0.4) is 0 Å². The van der Waals surface area contributed by atoms with Gasteiger partial charge in [-0.25, -0.2) is 0 Å². The van der Waals surface area contributed by atoms with Crippen molar-refractivity contribution in [3.8, 4) is 0 Å². The van der Waals surface area contributed by atoms with Gasteiger partial charge in [-0.15, -0.1) is 0 Å². The Balaban J connectivity index is -0.000000285. The quantitative estimate of drug-likeness (QED) is 0.495. The standard InChI is InChI=1S/C11H22.3C2H6/c1-4-11(7-5-8-11)9-6-10(2)3;3*1-2/h10H,4-9H2,1-3H3;3*1-2H3. The van der Waals surface area contributed by atoms with E-state index in [-0.39, 0.29) is 0 Å². The van der Waals surface area contributed by atoms with Gasteiger partial charge in [0.1, 0.15) is 0 Å². The Morgan fingerprint density at radius 2 is 1.29 bits per heavy atom. The molecule has 0 aliphatic heterocycles. The first kappa shape index (κ1) is 22.2. The summed E-state index contributed by atoms with van der Waals surface area (Å²) in [7, 11) is 0. The van der Waals surface area contributed by atoms with E-state index in [0.29, 0.717) is 0 Å². The molecule has 0 nitrogen and oxygen atoms in total. The van der Waals surface area contributed by atoms with Gasteiger partial charge in [-0.3, -0.25) is 0 Å². The van der Waals surface area contributed by atoms with E-state index in [4.69, 9.17) is 0 Å². The maximum Gasteiger partial charge on any atom is -0.0300 e. The highest BCUT2D eigenvalue weighted by molar-refractivity contribution is 4.86. The largest absolute Gasteiger partial charge is 0.0683 e. The smallest absolute Gasteiger partial charge is 0.0300 e. The van der Waals surface area contributed by atoms with Crippen molar-refractivity contribution in [2.24, 2.45) is 11.3 Å². The summed E-state index contributed by atoms with van der Waals surface area (Å²) in [6.07, 6.45) is 8.85. The average Bonchev–Trinajstić information content (AvgIpc) is 2.36. The third-order valence-electron chi connectivity index (χ3n) is 3.42. The summed E-state index contributed by atoms with van der Waals surface area (Å²) < 4.78 is 0. The summed E-state index contributed by atoms with van der Waals surface area (Å²) in [5, 5.41) is 0. The van der Waals surface area contributed by atoms with Crippen molar-refractivity contribution in [3.05, 3.63) is 0 Å². The van der Waals surface area contributed by atoms with E-state index in [9.17, 15) is 0 Å². The van der Waals surface area contributed by atoms with E-state index in [1.54, 1.807) is 0 Å². The zero-order valence-corrected chi connectivity index (χ0v) is 14.3. The van der Waals surface area contributed by atoms with Gasteiger partial charge in [-0.05, 0) is 30.6 Å². The lowest BCUT2D eigenvalue weighted by molar-refractivity contribution is 0.105. The molecule has 0 N–H and O–H groups in total. The summed E-state index contributed by atoms with van der Waals surface area (Å²) >= 11 is 0. The second-order valence-electron chi connectivity index (χ2n) is 4.64. The third-order valence-corrected chi connectivity index (χ3v) is 3.42. The van der Waals surface area contributed by atoms with Crippen LogP contribution in [0, 0.1) is 11.3 Å². The van der Waals surface area contributed by atoms with Crippen molar-refractivity contribution in [1.82, 2.24) is 0 Å². The minimum atomic E-state index is 0.796. The van der Waals surface area contributed by atoms with Crippen molar-refractivity contribution in [2.75, 3.05) is 0 Å². The molecule has 1 aliphatic rings. The van der Waals surface area contributed by atoms with Gasteiger partial charge in [0.15, 0.2) is 0 Å². The van der Waals surface area contributed by atoms with Gasteiger partial charge in [-0.2, -0.15) is 0 Å². The molecule has 0 heteroatoms. The van der Waals surface area contributed by atoms with Gasteiger partial charge in [0.25, 0.3) is 0 Å². The summed E-state index contributed by atoms with van der Waals surface area (Å²) in [6.45, 7) is 19.0. The minimum Gasteiger partial charge on any atom is -0.0683 e. The van der Waals surface area contributed by atoms with Crippen LogP contribution in [-0.2, 0) is 0 Å². The Hall–Kier alpha value is 0. The fourth-order valence-corrected chi connectivity index (χ4v) is 2.05. The van der Waals surface area contributed by atoms with E-state index in [0.717, 1.165) is 11.3 Å². The first-order valence-electron chi connectivity index (χ1n) is 8.18. The molecule has 0 bridgehead atoms. The van der Waals surface area contributed by atoms with Crippen LogP contribution in [0.15, 0.2) is 0 Å². The first-order chi connectivity index (χ1) is 8.18. The molecule has 0 atom stereocenters. The second-order valence-corrected chi connectivity index (χ2v) is 4.64. The maximum atomic E-state index is 2.36. The molecular weight excluding hydrogens is 204 g/mol. The Kier molecular flexibility index (Phi) is 20.9. The predicted molar refractivity (Wildman–Crippen MR) is 84.7 cm³/mol. The van der Waals surface area contributed by atoms with Gasteiger partial charge in [-0.1, -0.05) is 81.6 Å². The van der Waals surface area contributed by atoms with Crippen LogP contribution < -0.4 is 0 Å². The van der Waals surface area contributed by atoms with Crippen LogP contribution in [0.1, 0.15) is 101 Å². The Bertz CT molecular complexity index is 104. The topological polar surface area (TPSA) is 0 Å². The summed E-state index contributed by atoms with van der Waals surface area (Å²) in [4.78, 5) is 0. The fourth-order valence-electron chi connectivity index (χ4n) is 2.05. The molecule has 0 heterocycles. The molecule has 0 spiro atoms. The van der Waals surface area contributed by atoms with E-state index in [1.807, 2.05) is 41.5 Å². The van der Waals surface area contributed by atoms with Crippen LogP contribution in [0.2, 0.25) is 0 Å². The maximum absolute atomic E-state index is 2.36. The average molecular weight is 245 g/mol. The Morgan fingerprint density at radius 3 is 1.47 bits per heavy atom. The normalized spacial score (nSPS) is 15.2. The molecule has 0 aromatic rings. The van der Waals surface area contributed by atoms with Gasteiger partial charge in [0, 0.05) is 0 Å². The summed E-state index contributed by atoms with van der Waals surface area (Å²) in [5.41, 5.74) is 0.796. The molecule has 0 radical (unpaired) electrons. The van der Waals surface area contributed by atoms with Crippen LogP contribution in [0.4, 0.5) is 0 Å². The summed E-state index contributed by atoms with van der Waals surface area (Å²) in [5.74, 6) is 0.902. The Labute approximate surface area is 113 Å². The monoisotopic (exact) mass is 244 g/mol. The summed E-state index contributed by atoms with van der Waals surface area (Å²) in [6, 6.07) is 0. The van der Waals surface area contributed by atoms with E-state index in [1.165, 1.54) is 38.5 Å². The van der Waals surface area contributed by atoms with Crippen molar-refractivity contribution in [3.63, 3.8) is 0 Å². The van der Waals surface area contributed by atoms with Gasteiger partial charge in [0.2, 0.25) is 0 Å². The number of hydrogen-bond acceptors (Lipinski definition) is 0.